The zero-order valence-corrected chi connectivity index (χ0v) is 11.8. The van der Waals surface area contributed by atoms with E-state index >= 15 is 0 Å². The highest BCUT2D eigenvalue weighted by atomic mass is 16.2. The van der Waals surface area contributed by atoms with Crippen LogP contribution in [0.4, 0.5) is 0 Å². The van der Waals surface area contributed by atoms with Gasteiger partial charge < -0.3 is 10.6 Å². The smallest absolute Gasteiger partial charge is 0.239 e. The van der Waals surface area contributed by atoms with E-state index < -0.39 is 5.54 Å². The molecule has 0 spiro atoms. The van der Waals surface area contributed by atoms with E-state index in [-0.39, 0.29) is 5.91 Å². The summed E-state index contributed by atoms with van der Waals surface area (Å²) in [6, 6.07) is 8.56. The Bertz CT molecular complexity index is 382. The monoisotopic (exact) mass is 248 g/mol. The molecular weight excluding hydrogens is 224 g/mol. The average Bonchev–Trinajstić information content (AvgIpc) is 2.39. The summed E-state index contributed by atoms with van der Waals surface area (Å²) in [6.07, 6.45) is 1.93. The second-order valence-electron chi connectivity index (χ2n) is 5.05. The molecule has 100 valence electrons. The van der Waals surface area contributed by atoms with Gasteiger partial charge in [0, 0.05) is 6.54 Å². The van der Waals surface area contributed by atoms with Crippen LogP contribution >= 0.6 is 0 Å². The molecule has 0 aliphatic heterocycles. The third kappa shape index (κ3) is 4.15. The van der Waals surface area contributed by atoms with Crippen molar-refractivity contribution in [3.8, 4) is 0 Å². The van der Waals surface area contributed by atoms with E-state index in [1.54, 1.807) is 7.05 Å². The third-order valence-corrected chi connectivity index (χ3v) is 3.32. The highest BCUT2D eigenvalue weighted by Crippen LogP contribution is 2.06. The number of aryl methyl sites for hydroxylation is 1. The fourth-order valence-corrected chi connectivity index (χ4v) is 1.60. The van der Waals surface area contributed by atoms with Crippen LogP contribution in [-0.2, 0) is 17.6 Å². The zero-order chi connectivity index (χ0) is 13.6. The van der Waals surface area contributed by atoms with Gasteiger partial charge in [-0.3, -0.25) is 4.79 Å². The quantitative estimate of drug-likeness (QED) is 0.807. The average molecular weight is 248 g/mol. The molecule has 0 saturated carbocycles. The molecular formula is C15H24N2O. The van der Waals surface area contributed by atoms with E-state index in [2.05, 4.69) is 41.8 Å². The highest BCUT2D eigenvalue weighted by Gasteiger charge is 2.24. The largest absolute Gasteiger partial charge is 0.354 e. The maximum atomic E-state index is 11.8. The number of hydrogen-bond acceptors (Lipinski definition) is 2. The van der Waals surface area contributed by atoms with Crippen LogP contribution in [0.25, 0.3) is 0 Å². The summed E-state index contributed by atoms with van der Waals surface area (Å²) in [5.74, 6) is 0.0372. The lowest BCUT2D eigenvalue weighted by molar-refractivity contribution is -0.126. The summed E-state index contributed by atoms with van der Waals surface area (Å²) in [6.45, 7) is 6.57. The summed E-state index contributed by atoms with van der Waals surface area (Å²) in [7, 11) is 1.79. The number of carbonyl (C=O) groups excluding carboxylic acids is 1. The molecule has 0 aliphatic carbocycles. The first-order valence-corrected chi connectivity index (χ1v) is 6.54. The Labute approximate surface area is 110 Å². The number of benzene rings is 1. The highest BCUT2D eigenvalue weighted by molar-refractivity contribution is 5.85. The van der Waals surface area contributed by atoms with Gasteiger partial charge in [-0.05, 0) is 44.9 Å². The SMILES string of the molecule is CCc1ccc(CCNC(=O)C(C)(C)NC)cc1. The van der Waals surface area contributed by atoms with Gasteiger partial charge in [0.25, 0.3) is 0 Å². The molecule has 0 bridgehead atoms. The number of amides is 1. The number of carbonyl (C=O) groups is 1. The van der Waals surface area contributed by atoms with Crippen molar-refractivity contribution >= 4 is 5.91 Å². The Morgan fingerprint density at radius 3 is 2.22 bits per heavy atom. The minimum Gasteiger partial charge on any atom is -0.354 e. The van der Waals surface area contributed by atoms with Crippen LogP contribution in [0, 0.1) is 0 Å². The van der Waals surface area contributed by atoms with Crippen LogP contribution < -0.4 is 10.6 Å². The maximum absolute atomic E-state index is 11.8. The standard InChI is InChI=1S/C15H24N2O/c1-5-12-6-8-13(9-7-12)10-11-17-14(18)15(2,3)16-4/h6-9,16H,5,10-11H2,1-4H3,(H,17,18). The lowest BCUT2D eigenvalue weighted by Crippen LogP contribution is -2.51. The van der Waals surface area contributed by atoms with Crippen molar-refractivity contribution in [2.45, 2.75) is 39.2 Å². The molecule has 0 atom stereocenters. The molecule has 1 aromatic rings. The maximum Gasteiger partial charge on any atom is 0.239 e. The molecule has 3 nitrogen and oxygen atoms in total. The van der Waals surface area contributed by atoms with Gasteiger partial charge in [0.15, 0.2) is 0 Å². The van der Waals surface area contributed by atoms with Crippen LogP contribution in [-0.4, -0.2) is 25.0 Å². The first kappa shape index (κ1) is 14.7. The predicted octanol–water partition coefficient (Wildman–Crippen LogP) is 1.91. The topological polar surface area (TPSA) is 41.1 Å². The van der Waals surface area contributed by atoms with Crippen LogP contribution in [0.5, 0.6) is 0 Å². The van der Waals surface area contributed by atoms with Crippen molar-refractivity contribution in [2.24, 2.45) is 0 Å². The predicted molar refractivity (Wildman–Crippen MR) is 75.7 cm³/mol. The molecule has 0 aliphatic rings. The van der Waals surface area contributed by atoms with Crippen molar-refractivity contribution in [1.82, 2.24) is 10.6 Å². The Morgan fingerprint density at radius 2 is 1.72 bits per heavy atom. The fraction of sp³-hybridized carbons (Fsp3) is 0.533. The first-order chi connectivity index (χ1) is 8.49. The zero-order valence-electron chi connectivity index (χ0n) is 11.8. The van der Waals surface area contributed by atoms with Crippen LogP contribution in [0.1, 0.15) is 31.9 Å². The van der Waals surface area contributed by atoms with Gasteiger partial charge in [-0.1, -0.05) is 31.2 Å². The molecule has 2 N–H and O–H groups in total. The first-order valence-electron chi connectivity index (χ1n) is 6.54. The number of nitrogens with one attached hydrogen (secondary N) is 2. The van der Waals surface area contributed by atoms with Crippen LogP contribution in [0.2, 0.25) is 0 Å². The van der Waals surface area contributed by atoms with Gasteiger partial charge in [0.1, 0.15) is 0 Å². The molecule has 0 radical (unpaired) electrons. The van der Waals surface area contributed by atoms with E-state index in [9.17, 15) is 4.79 Å². The molecule has 1 amide bonds. The molecule has 18 heavy (non-hydrogen) atoms. The molecule has 0 aromatic heterocycles. The van der Waals surface area contributed by atoms with Gasteiger partial charge in [0.05, 0.1) is 5.54 Å². The Kier molecular flexibility index (Phi) is 5.35. The molecule has 0 saturated heterocycles. The van der Waals surface area contributed by atoms with Gasteiger partial charge in [-0.2, -0.15) is 0 Å². The minimum absolute atomic E-state index is 0.0372. The number of hydrogen-bond donors (Lipinski definition) is 2. The fourth-order valence-electron chi connectivity index (χ4n) is 1.60. The van der Waals surface area contributed by atoms with Gasteiger partial charge in [-0.25, -0.2) is 0 Å². The van der Waals surface area contributed by atoms with Crippen molar-refractivity contribution in [1.29, 1.82) is 0 Å². The second-order valence-corrected chi connectivity index (χ2v) is 5.05. The van der Waals surface area contributed by atoms with Crippen LogP contribution in [0.15, 0.2) is 24.3 Å². The second kappa shape index (κ2) is 6.55. The van der Waals surface area contributed by atoms with Crippen molar-refractivity contribution in [3.05, 3.63) is 35.4 Å². The Morgan fingerprint density at radius 1 is 1.17 bits per heavy atom. The Balaban J connectivity index is 2.39. The summed E-state index contributed by atoms with van der Waals surface area (Å²) in [5, 5.41) is 5.94. The van der Waals surface area contributed by atoms with E-state index in [4.69, 9.17) is 0 Å². The Hall–Kier alpha value is -1.35. The third-order valence-electron chi connectivity index (χ3n) is 3.32. The van der Waals surface area contributed by atoms with E-state index in [0.717, 1.165) is 12.8 Å². The summed E-state index contributed by atoms with van der Waals surface area (Å²) < 4.78 is 0. The van der Waals surface area contributed by atoms with Gasteiger partial charge in [-0.15, -0.1) is 0 Å². The summed E-state index contributed by atoms with van der Waals surface area (Å²) in [4.78, 5) is 11.8. The molecule has 1 rings (SSSR count). The van der Waals surface area contributed by atoms with Crippen molar-refractivity contribution < 1.29 is 4.79 Å². The molecule has 3 heteroatoms. The number of likely N-dealkylation sites (N-methyl/N-ethyl adjacent to an activating group) is 1. The van der Waals surface area contributed by atoms with E-state index in [0.29, 0.717) is 6.54 Å². The van der Waals surface area contributed by atoms with Crippen molar-refractivity contribution in [2.75, 3.05) is 13.6 Å². The summed E-state index contributed by atoms with van der Waals surface area (Å²) >= 11 is 0. The minimum atomic E-state index is -0.508. The molecule has 0 heterocycles. The van der Waals surface area contributed by atoms with Gasteiger partial charge in [0.2, 0.25) is 5.91 Å². The number of rotatable bonds is 6. The van der Waals surface area contributed by atoms with E-state index in [1.807, 2.05) is 13.8 Å². The normalized spacial score (nSPS) is 11.3. The van der Waals surface area contributed by atoms with E-state index in [1.165, 1.54) is 11.1 Å². The lowest BCUT2D eigenvalue weighted by Gasteiger charge is -2.22. The summed E-state index contributed by atoms with van der Waals surface area (Å²) in [5.41, 5.74) is 2.10. The van der Waals surface area contributed by atoms with Crippen LogP contribution in [0.3, 0.4) is 0 Å². The molecule has 1 aromatic carbocycles. The van der Waals surface area contributed by atoms with Gasteiger partial charge >= 0.3 is 0 Å². The lowest BCUT2D eigenvalue weighted by atomic mass is 10.0. The van der Waals surface area contributed by atoms with Crippen molar-refractivity contribution in [3.63, 3.8) is 0 Å². The molecule has 0 fully saturated rings. The molecule has 0 unspecified atom stereocenters.